The molecule has 0 radical (unpaired) electrons. The van der Waals surface area contributed by atoms with Crippen LogP contribution in [0.25, 0.3) is 0 Å². The molecule has 1 saturated heterocycles. The molecule has 1 saturated carbocycles. The maximum absolute atomic E-state index is 12.7. The second kappa shape index (κ2) is 6.49. The first-order valence-corrected chi connectivity index (χ1v) is 7.65. The molecule has 0 aromatic heterocycles. The predicted octanol–water partition coefficient (Wildman–Crippen LogP) is 2.77. The Morgan fingerprint density at radius 1 is 1.13 bits per heavy atom. The Balaban J connectivity index is 1.63. The van der Waals surface area contributed by atoms with Gasteiger partial charge in [-0.3, -0.25) is 4.79 Å². The summed E-state index contributed by atoms with van der Waals surface area (Å²) >= 11 is 0. The van der Waals surface area contributed by atoms with E-state index in [0.717, 1.165) is 25.0 Å². The van der Waals surface area contributed by atoms with Crippen molar-refractivity contribution in [3.63, 3.8) is 0 Å². The van der Waals surface area contributed by atoms with Crippen LogP contribution in [0.2, 0.25) is 0 Å². The van der Waals surface area contributed by atoms with Gasteiger partial charge in [0.05, 0.1) is 31.0 Å². The monoisotopic (exact) mass is 329 g/mol. The van der Waals surface area contributed by atoms with E-state index in [1.165, 1.54) is 12.1 Å². The van der Waals surface area contributed by atoms with Gasteiger partial charge in [-0.25, -0.2) is 0 Å². The van der Waals surface area contributed by atoms with E-state index in [4.69, 9.17) is 9.47 Å². The lowest BCUT2D eigenvalue weighted by Crippen LogP contribution is -2.49. The van der Waals surface area contributed by atoms with Crippen LogP contribution in [0, 0.1) is 0 Å². The summed E-state index contributed by atoms with van der Waals surface area (Å²) in [6, 6.07) is 4.35. The lowest BCUT2D eigenvalue weighted by molar-refractivity contribution is -0.157. The number of carbonyl (C=O) groups is 1. The van der Waals surface area contributed by atoms with Gasteiger partial charge in [-0.15, -0.1) is 0 Å². The first-order valence-electron chi connectivity index (χ1n) is 7.65. The van der Waals surface area contributed by atoms with Gasteiger partial charge in [0.15, 0.2) is 0 Å². The van der Waals surface area contributed by atoms with Crippen LogP contribution in [-0.2, 0) is 15.7 Å². The second-order valence-corrected chi connectivity index (χ2v) is 5.88. The lowest BCUT2D eigenvalue weighted by Gasteiger charge is -2.39. The number of ether oxygens (including phenoxy) is 2. The Labute approximate surface area is 132 Å². The Morgan fingerprint density at radius 3 is 2.61 bits per heavy atom. The molecule has 23 heavy (non-hydrogen) atoms. The number of rotatable bonds is 2. The van der Waals surface area contributed by atoms with Crippen molar-refractivity contribution in [2.75, 3.05) is 13.2 Å². The topological polar surface area (TPSA) is 47.6 Å². The number of nitrogens with one attached hydrogen (secondary N) is 1. The fourth-order valence-corrected chi connectivity index (χ4v) is 3.10. The molecule has 1 aliphatic heterocycles. The van der Waals surface area contributed by atoms with Crippen LogP contribution in [0.4, 0.5) is 13.2 Å². The summed E-state index contributed by atoms with van der Waals surface area (Å²) in [5.74, 6) is -0.490. The van der Waals surface area contributed by atoms with Crippen LogP contribution >= 0.6 is 0 Å². The molecule has 1 heterocycles. The van der Waals surface area contributed by atoms with Crippen molar-refractivity contribution in [2.45, 2.75) is 43.7 Å². The SMILES string of the molecule is O=C(NC1CCC2OCCOC2C1)c1cccc(C(F)(F)F)c1. The fraction of sp³-hybridized carbons (Fsp3) is 0.562. The maximum atomic E-state index is 12.7. The molecular weight excluding hydrogens is 311 g/mol. The van der Waals surface area contributed by atoms with E-state index in [9.17, 15) is 18.0 Å². The molecule has 3 rings (SSSR count). The number of alkyl halides is 3. The number of amides is 1. The molecule has 2 fully saturated rings. The average molecular weight is 329 g/mol. The Morgan fingerprint density at radius 2 is 1.87 bits per heavy atom. The summed E-state index contributed by atoms with van der Waals surface area (Å²) in [4.78, 5) is 12.2. The van der Waals surface area contributed by atoms with Gasteiger partial charge in [-0.2, -0.15) is 13.2 Å². The Kier molecular flexibility index (Phi) is 4.59. The van der Waals surface area contributed by atoms with Crippen LogP contribution < -0.4 is 5.32 Å². The molecule has 4 nitrogen and oxygen atoms in total. The highest BCUT2D eigenvalue weighted by atomic mass is 19.4. The van der Waals surface area contributed by atoms with Gasteiger partial charge in [0.25, 0.3) is 5.91 Å². The van der Waals surface area contributed by atoms with Crippen LogP contribution in [-0.4, -0.2) is 37.4 Å². The van der Waals surface area contributed by atoms with Gasteiger partial charge in [-0.1, -0.05) is 6.07 Å². The number of benzene rings is 1. The predicted molar refractivity (Wildman–Crippen MR) is 76.0 cm³/mol. The van der Waals surface area contributed by atoms with E-state index in [0.29, 0.717) is 19.6 Å². The van der Waals surface area contributed by atoms with E-state index < -0.39 is 17.6 Å². The van der Waals surface area contributed by atoms with Crippen LogP contribution in [0.15, 0.2) is 24.3 Å². The van der Waals surface area contributed by atoms with Gasteiger partial charge in [0.1, 0.15) is 0 Å². The summed E-state index contributed by atoms with van der Waals surface area (Å²) < 4.78 is 49.4. The third-order valence-electron chi connectivity index (χ3n) is 4.27. The summed E-state index contributed by atoms with van der Waals surface area (Å²) in [6.45, 7) is 1.12. The molecule has 0 bridgehead atoms. The smallest absolute Gasteiger partial charge is 0.373 e. The number of fused-ring (bicyclic) bond motifs is 1. The molecule has 2 aliphatic rings. The summed E-state index contributed by atoms with van der Waals surface area (Å²) in [5, 5.41) is 2.81. The molecule has 3 atom stereocenters. The van der Waals surface area contributed by atoms with Crippen molar-refractivity contribution >= 4 is 5.91 Å². The van der Waals surface area contributed by atoms with E-state index in [1.807, 2.05) is 0 Å². The van der Waals surface area contributed by atoms with Gasteiger partial charge < -0.3 is 14.8 Å². The number of carbonyl (C=O) groups excluding carboxylic acids is 1. The minimum Gasteiger partial charge on any atom is -0.373 e. The third-order valence-corrected chi connectivity index (χ3v) is 4.27. The summed E-state index contributed by atoms with van der Waals surface area (Å²) in [6.07, 6.45) is -2.32. The normalized spacial score (nSPS) is 28.0. The zero-order valence-corrected chi connectivity index (χ0v) is 12.4. The van der Waals surface area contributed by atoms with E-state index in [-0.39, 0.29) is 23.8 Å². The van der Waals surface area contributed by atoms with Crippen LogP contribution in [0.5, 0.6) is 0 Å². The van der Waals surface area contributed by atoms with E-state index in [1.54, 1.807) is 0 Å². The van der Waals surface area contributed by atoms with Crippen molar-refractivity contribution < 1.29 is 27.4 Å². The number of hydrogen-bond acceptors (Lipinski definition) is 3. The second-order valence-electron chi connectivity index (χ2n) is 5.88. The highest BCUT2D eigenvalue weighted by Gasteiger charge is 2.35. The first-order chi connectivity index (χ1) is 10.9. The van der Waals surface area contributed by atoms with Crippen molar-refractivity contribution in [1.29, 1.82) is 0 Å². The van der Waals surface area contributed by atoms with Gasteiger partial charge >= 0.3 is 6.18 Å². The van der Waals surface area contributed by atoms with Crippen LogP contribution in [0.3, 0.4) is 0 Å². The molecule has 7 heteroatoms. The molecule has 1 N–H and O–H groups in total. The molecule has 0 spiro atoms. The zero-order valence-electron chi connectivity index (χ0n) is 12.4. The largest absolute Gasteiger partial charge is 0.416 e. The minimum absolute atomic E-state index is 0.0164. The van der Waals surface area contributed by atoms with E-state index in [2.05, 4.69) is 5.32 Å². The van der Waals surface area contributed by atoms with Crippen molar-refractivity contribution in [3.8, 4) is 0 Å². The molecule has 1 amide bonds. The highest BCUT2D eigenvalue weighted by molar-refractivity contribution is 5.94. The van der Waals surface area contributed by atoms with Crippen LogP contribution in [0.1, 0.15) is 35.2 Å². The molecule has 3 unspecified atom stereocenters. The molecule has 1 aromatic carbocycles. The number of hydrogen-bond donors (Lipinski definition) is 1. The van der Waals surface area contributed by atoms with Crippen molar-refractivity contribution in [3.05, 3.63) is 35.4 Å². The fourth-order valence-electron chi connectivity index (χ4n) is 3.10. The standard InChI is InChI=1S/C16H18F3NO3/c17-16(18,19)11-3-1-2-10(8-11)15(21)20-12-4-5-13-14(9-12)23-7-6-22-13/h1-3,8,12-14H,4-7,9H2,(H,20,21). The van der Waals surface area contributed by atoms with E-state index >= 15 is 0 Å². The molecule has 1 aromatic rings. The average Bonchev–Trinajstić information content (AvgIpc) is 2.54. The highest BCUT2D eigenvalue weighted by Crippen LogP contribution is 2.30. The zero-order chi connectivity index (χ0) is 16.4. The minimum atomic E-state index is -4.46. The molecule has 126 valence electrons. The number of halogens is 3. The van der Waals surface area contributed by atoms with Crippen molar-refractivity contribution in [2.24, 2.45) is 0 Å². The first kappa shape index (κ1) is 16.3. The Hall–Kier alpha value is -1.60. The summed E-state index contributed by atoms with van der Waals surface area (Å²) in [5.41, 5.74) is -0.805. The molecule has 1 aliphatic carbocycles. The summed E-state index contributed by atoms with van der Waals surface area (Å²) in [7, 11) is 0. The Bertz CT molecular complexity index is 576. The molecular formula is C16H18F3NO3. The van der Waals surface area contributed by atoms with Gasteiger partial charge in [0.2, 0.25) is 0 Å². The lowest BCUT2D eigenvalue weighted by atomic mass is 9.89. The van der Waals surface area contributed by atoms with Gasteiger partial charge in [-0.05, 0) is 37.5 Å². The third kappa shape index (κ3) is 3.84. The maximum Gasteiger partial charge on any atom is 0.416 e. The van der Waals surface area contributed by atoms with Gasteiger partial charge in [0, 0.05) is 11.6 Å². The van der Waals surface area contributed by atoms with Crippen molar-refractivity contribution in [1.82, 2.24) is 5.32 Å². The quantitative estimate of drug-likeness (QED) is 0.908.